The first kappa shape index (κ1) is 11.9. The van der Waals surface area contributed by atoms with Crippen LogP contribution in [-0.4, -0.2) is 5.91 Å². The molecule has 0 aliphatic rings. The third kappa shape index (κ3) is 2.74. The van der Waals surface area contributed by atoms with Crippen molar-refractivity contribution in [2.24, 2.45) is 0 Å². The lowest BCUT2D eigenvalue weighted by atomic mass is 10.0. The summed E-state index contributed by atoms with van der Waals surface area (Å²) in [5, 5.41) is 11.4. The maximum Gasteiger partial charge on any atom is 0.221 e. The predicted molar refractivity (Wildman–Crippen MR) is 70.9 cm³/mol. The number of carbonyl (C=O) groups is 1. The van der Waals surface area contributed by atoms with E-state index in [0.717, 1.165) is 16.8 Å². The van der Waals surface area contributed by atoms with Crippen molar-refractivity contribution < 1.29 is 4.79 Å². The summed E-state index contributed by atoms with van der Waals surface area (Å²) in [6.45, 7) is 1.48. The number of carbonyl (C=O) groups excluding carboxylic acids is 1. The van der Waals surface area contributed by atoms with Crippen molar-refractivity contribution >= 4 is 11.6 Å². The summed E-state index contributed by atoms with van der Waals surface area (Å²) < 4.78 is 0. The molecule has 0 spiro atoms. The summed E-state index contributed by atoms with van der Waals surface area (Å²) in [7, 11) is 0. The Bertz CT molecular complexity index is 592. The first-order valence-corrected chi connectivity index (χ1v) is 5.57. The number of rotatable bonds is 2. The monoisotopic (exact) mass is 236 g/mol. The summed E-state index contributed by atoms with van der Waals surface area (Å²) in [4.78, 5) is 10.9. The van der Waals surface area contributed by atoms with Gasteiger partial charge in [0.1, 0.15) is 0 Å². The zero-order chi connectivity index (χ0) is 13.0. The van der Waals surface area contributed by atoms with Gasteiger partial charge >= 0.3 is 0 Å². The van der Waals surface area contributed by atoms with Crippen LogP contribution in [0.3, 0.4) is 0 Å². The molecule has 0 unspecified atom stereocenters. The molecular formula is C15H12N2O. The maximum atomic E-state index is 10.9. The average molecular weight is 236 g/mol. The summed E-state index contributed by atoms with van der Waals surface area (Å²) >= 11 is 0. The van der Waals surface area contributed by atoms with Crippen LogP contribution in [0.25, 0.3) is 11.1 Å². The van der Waals surface area contributed by atoms with Crippen molar-refractivity contribution in [2.45, 2.75) is 6.92 Å². The number of benzene rings is 2. The molecule has 1 amide bonds. The van der Waals surface area contributed by atoms with Gasteiger partial charge in [0, 0.05) is 12.6 Å². The summed E-state index contributed by atoms with van der Waals surface area (Å²) in [5.41, 5.74) is 3.52. The zero-order valence-corrected chi connectivity index (χ0v) is 9.97. The van der Waals surface area contributed by atoms with E-state index in [-0.39, 0.29) is 5.91 Å². The normalized spacial score (nSPS) is 9.56. The summed E-state index contributed by atoms with van der Waals surface area (Å²) in [6, 6.07) is 17.1. The third-order valence-corrected chi connectivity index (χ3v) is 2.55. The van der Waals surface area contributed by atoms with Gasteiger partial charge in [0.05, 0.1) is 11.6 Å². The molecule has 88 valence electrons. The number of anilines is 1. The van der Waals surface area contributed by atoms with Gasteiger partial charge in [-0.3, -0.25) is 4.79 Å². The first-order chi connectivity index (χ1) is 8.69. The highest BCUT2D eigenvalue weighted by Gasteiger charge is 1.99. The molecule has 0 heterocycles. The smallest absolute Gasteiger partial charge is 0.221 e. The van der Waals surface area contributed by atoms with Gasteiger partial charge in [-0.2, -0.15) is 5.26 Å². The Labute approximate surface area is 106 Å². The lowest BCUT2D eigenvalue weighted by Crippen LogP contribution is -2.05. The Balaban J connectivity index is 2.23. The van der Waals surface area contributed by atoms with Crippen molar-refractivity contribution in [3.63, 3.8) is 0 Å². The Morgan fingerprint density at radius 2 is 1.50 bits per heavy atom. The van der Waals surface area contributed by atoms with E-state index >= 15 is 0 Å². The lowest BCUT2D eigenvalue weighted by Gasteiger charge is -2.05. The van der Waals surface area contributed by atoms with Gasteiger partial charge in [0.2, 0.25) is 5.91 Å². The molecule has 0 aliphatic carbocycles. The topological polar surface area (TPSA) is 52.9 Å². The van der Waals surface area contributed by atoms with E-state index in [2.05, 4.69) is 11.4 Å². The number of nitriles is 1. The van der Waals surface area contributed by atoms with Gasteiger partial charge in [0.25, 0.3) is 0 Å². The number of hydrogen-bond donors (Lipinski definition) is 1. The molecule has 0 bridgehead atoms. The van der Waals surface area contributed by atoms with Gasteiger partial charge in [-0.15, -0.1) is 0 Å². The number of hydrogen-bond acceptors (Lipinski definition) is 2. The van der Waals surface area contributed by atoms with E-state index < -0.39 is 0 Å². The van der Waals surface area contributed by atoms with Crippen LogP contribution in [0.4, 0.5) is 5.69 Å². The highest BCUT2D eigenvalue weighted by atomic mass is 16.1. The van der Waals surface area contributed by atoms with Crippen LogP contribution in [-0.2, 0) is 4.79 Å². The maximum absolute atomic E-state index is 10.9. The van der Waals surface area contributed by atoms with Gasteiger partial charge in [-0.1, -0.05) is 24.3 Å². The molecule has 0 saturated carbocycles. The summed E-state index contributed by atoms with van der Waals surface area (Å²) in [6.07, 6.45) is 0. The fourth-order valence-electron chi connectivity index (χ4n) is 1.69. The van der Waals surface area contributed by atoms with Crippen molar-refractivity contribution in [3.8, 4) is 17.2 Å². The van der Waals surface area contributed by atoms with E-state index in [4.69, 9.17) is 5.26 Å². The van der Waals surface area contributed by atoms with E-state index in [1.165, 1.54) is 6.92 Å². The molecule has 18 heavy (non-hydrogen) atoms. The molecule has 2 aromatic carbocycles. The van der Waals surface area contributed by atoms with Crippen molar-refractivity contribution in [2.75, 3.05) is 5.32 Å². The largest absolute Gasteiger partial charge is 0.326 e. The zero-order valence-electron chi connectivity index (χ0n) is 9.97. The molecular weight excluding hydrogens is 224 g/mol. The number of nitrogens with one attached hydrogen (secondary N) is 1. The SMILES string of the molecule is CC(=O)Nc1ccc(-c2ccc(C#N)cc2)cc1. The molecule has 0 radical (unpaired) electrons. The summed E-state index contributed by atoms with van der Waals surface area (Å²) in [5.74, 6) is -0.0823. The lowest BCUT2D eigenvalue weighted by molar-refractivity contribution is -0.114. The van der Waals surface area contributed by atoms with E-state index in [9.17, 15) is 4.79 Å². The molecule has 3 nitrogen and oxygen atoms in total. The highest BCUT2D eigenvalue weighted by Crippen LogP contribution is 2.21. The first-order valence-electron chi connectivity index (χ1n) is 5.57. The van der Waals surface area contributed by atoms with E-state index in [1.807, 2.05) is 36.4 Å². The fraction of sp³-hybridized carbons (Fsp3) is 0.0667. The van der Waals surface area contributed by atoms with Crippen molar-refractivity contribution in [1.82, 2.24) is 0 Å². The minimum absolute atomic E-state index is 0.0823. The average Bonchev–Trinajstić information content (AvgIpc) is 2.39. The molecule has 0 saturated heterocycles. The van der Waals surface area contributed by atoms with Gasteiger partial charge in [-0.05, 0) is 35.4 Å². The van der Waals surface area contributed by atoms with Gasteiger partial charge in [-0.25, -0.2) is 0 Å². The fourth-order valence-corrected chi connectivity index (χ4v) is 1.69. The minimum atomic E-state index is -0.0823. The molecule has 2 rings (SSSR count). The van der Waals surface area contributed by atoms with Gasteiger partial charge in [0.15, 0.2) is 0 Å². The third-order valence-electron chi connectivity index (χ3n) is 2.55. The quantitative estimate of drug-likeness (QED) is 0.870. The van der Waals surface area contributed by atoms with Crippen LogP contribution in [0, 0.1) is 11.3 Å². The second kappa shape index (κ2) is 5.15. The predicted octanol–water partition coefficient (Wildman–Crippen LogP) is 3.18. The van der Waals surface area contributed by atoms with Crippen LogP contribution in [0.15, 0.2) is 48.5 Å². The van der Waals surface area contributed by atoms with Crippen LogP contribution < -0.4 is 5.32 Å². The van der Waals surface area contributed by atoms with Crippen molar-refractivity contribution in [3.05, 3.63) is 54.1 Å². The standard InChI is InChI=1S/C15H12N2O/c1-11(18)17-15-8-6-14(7-9-15)13-4-2-12(10-16)3-5-13/h2-9H,1H3,(H,17,18). The molecule has 1 N–H and O–H groups in total. The Morgan fingerprint density at radius 3 is 1.94 bits per heavy atom. The minimum Gasteiger partial charge on any atom is -0.326 e. The van der Waals surface area contributed by atoms with E-state index in [1.54, 1.807) is 12.1 Å². The molecule has 3 heteroatoms. The molecule has 0 aromatic heterocycles. The van der Waals surface area contributed by atoms with Crippen molar-refractivity contribution in [1.29, 1.82) is 5.26 Å². The molecule has 2 aromatic rings. The highest BCUT2D eigenvalue weighted by molar-refractivity contribution is 5.89. The Morgan fingerprint density at radius 1 is 1.00 bits per heavy atom. The van der Waals surface area contributed by atoms with Crippen LogP contribution >= 0.6 is 0 Å². The molecule has 0 fully saturated rings. The Hall–Kier alpha value is -2.60. The second-order valence-electron chi connectivity index (χ2n) is 3.95. The van der Waals surface area contributed by atoms with Crippen LogP contribution in [0.5, 0.6) is 0 Å². The van der Waals surface area contributed by atoms with E-state index in [0.29, 0.717) is 5.56 Å². The Kier molecular flexibility index (Phi) is 3.40. The number of amides is 1. The van der Waals surface area contributed by atoms with Crippen LogP contribution in [0.2, 0.25) is 0 Å². The second-order valence-corrected chi connectivity index (χ2v) is 3.95. The number of nitrogens with zero attached hydrogens (tertiary/aromatic N) is 1. The van der Waals surface area contributed by atoms with Gasteiger partial charge < -0.3 is 5.32 Å². The molecule has 0 aliphatic heterocycles. The van der Waals surface area contributed by atoms with Crippen LogP contribution in [0.1, 0.15) is 12.5 Å². The molecule has 0 atom stereocenters.